The van der Waals surface area contributed by atoms with E-state index in [0.29, 0.717) is 6.04 Å². The zero-order valence-electron chi connectivity index (χ0n) is 11.1. The molecule has 1 aliphatic carbocycles. The molecule has 2 rings (SSSR count). The van der Waals surface area contributed by atoms with Crippen LogP contribution >= 0.6 is 0 Å². The molecule has 1 saturated carbocycles. The van der Waals surface area contributed by atoms with Gasteiger partial charge in [-0.1, -0.05) is 12.8 Å². The van der Waals surface area contributed by atoms with Gasteiger partial charge in [-0.25, -0.2) is 4.98 Å². The van der Waals surface area contributed by atoms with Crippen LogP contribution in [0.1, 0.15) is 45.6 Å². The summed E-state index contributed by atoms with van der Waals surface area (Å²) >= 11 is 0. The highest BCUT2D eigenvalue weighted by Gasteiger charge is 2.21. The second kappa shape index (κ2) is 5.08. The number of ether oxygens (including phenoxy) is 1. The highest BCUT2D eigenvalue weighted by molar-refractivity contribution is 5.27. The van der Waals surface area contributed by atoms with Gasteiger partial charge < -0.3 is 14.6 Å². The maximum absolute atomic E-state index is 5.40. The van der Waals surface area contributed by atoms with Crippen LogP contribution in [-0.4, -0.2) is 28.8 Å². The summed E-state index contributed by atoms with van der Waals surface area (Å²) in [5, 5.41) is 3.39. The normalized spacial score (nSPS) is 17.6. The number of aromatic nitrogens is 2. The molecule has 1 heterocycles. The molecule has 1 N–H and O–H groups in total. The van der Waals surface area contributed by atoms with E-state index in [2.05, 4.69) is 34.9 Å². The average molecular weight is 237 g/mol. The van der Waals surface area contributed by atoms with Crippen LogP contribution in [0.4, 0.5) is 5.95 Å². The lowest BCUT2D eigenvalue weighted by Crippen LogP contribution is -2.33. The molecule has 4 heteroatoms. The van der Waals surface area contributed by atoms with Gasteiger partial charge in [0.2, 0.25) is 5.95 Å². The van der Waals surface area contributed by atoms with Crippen molar-refractivity contribution in [1.29, 1.82) is 0 Å². The molecule has 0 atom stereocenters. The van der Waals surface area contributed by atoms with Gasteiger partial charge >= 0.3 is 0 Å². The molecule has 1 fully saturated rings. The molecule has 0 saturated heterocycles. The van der Waals surface area contributed by atoms with E-state index in [4.69, 9.17) is 4.74 Å². The van der Waals surface area contributed by atoms with Crippen LogP contribution in [0.2, 0.25) is 0 Å². The Morgan fingerprint density at radius 2 is 2.18 bits per heavy atom. The van der Waals surface area contributed by atoms with Crippen molar-refractivity contribution >= 4 is 5.95 Å². The molecular formula is C13H23N3O. The van der Waals surface area contributed by atoms with E-state index in [1.54, 1.807) is 7.11 Å². The first kappa shape index (κ1) is 12.4. The summed E-state index contributed by atoms with van der Waals surface area (Å²) < 4.78 is 7.68. The molecule has 0 aromatic carbocycles. The number of hydrogen-bond acceptors (Lipinski definition) is 3. The molecule has 0 aliphatic heterocycles. The summed E-state index contributed by atoms with van der Waals surface area (Å²) in [5.74, 6) is 0.974. The van der Waals surface area contributed by atoms with Gasteiger partial charge in [-0.2, -0.15) is 0 Å². The van der Waals surface area contributed by atoms with Crippen molar-refractivity contribution in [2.75, 3.05) is 19.0 Å². The van der Waals surface area contributed by atoms with Crippen molar-refractivity contribution in [3.63, 3.8) is 0 Å². The molecule has 0 amide bonds. The number of nitrogens with one attached hydrogen (secondary N) is 1. The van der Waals surface area contributed by atoms with E-state index in [1.807, 2.05) is 6.20 Å². The number of anilines is 1. The smallest absolute Gasteiger partial charge is 0.203 e. The number of methoxy groups -OCH3 is 1. The lowest BCUT2D eigenvalue weighted by Gasteiger charge is -2.24. The lowest BCUT2D eigenvalue weighted by molar-refractivity contribution is 0.0341. The fourth-order valence-corrected chi connectivity index (χ4v) is 2.29. The summed E-state index contributed by atoms with van der Waals surface area (Å²) in [7, 11) is 1.74. The van der Waals surface area contributed by atoms with E-state index in [0.717, 1.165) is 12.5 Å². The number of rotatable bonds is 5. The molecule has 1 aromatic heterocycles. The first-order valence-electron chi connectivity index (χ1n) is 6.44. The summed E-state index contributed by atoms with van der Waals surface area (Å²) in [6.07, 6.45) is 9.19. The van der Waals surface area contributed by atoms with Gasteiger partial charge in [0.25, 0.3) is 0 Å². The molecule has 1 aromatic rings. The summed E-state index contributed by atoms with van der Waals surface area (Å²) in [6.45, 7) is 4.92. The molecule has 4 nitrogen and oxygen atoms in total. The number of hydrogen-bond donors (Lipinski definition) is 1. The lowest BCUT2D eigenvalue weighted by atomic mass is 10.1. The molecule has 0 radical (unpaired) electrons. The topological polar surface area (TPSA) is 39.1 Å². The van der Waals surface area contributed by atoms with Gasteiger partial charge in [-0.3, -0.25) is 0 Å². The first-order chi connectivity index (χ1) is 8.12. The minimum atomic E-state index is -0.160. The highest BCUT2D eigenvalue weighted by Crippen LogP contribution is 2.31. The molecule has 1 aliphatic rings. The van der Waals surface area contributed by atoms with Crippen molar-refractivity contribution in [1.82, 2.24) is 9.55 Å². The molecule has 17 heavy (non-hydrogen) atoms. The van der Waals surface area contributed by atoms with Gasteiger partial charge in [0.1, 0.15) is 0 Å². The van der Waals surface area contributed by atoms with Crippen molar-refractivity contribution in [2.24, 2.45) is 0 Å². The summed E-state index contributed by atoms with van der Waals surface area (Å²) in [4.78, 5) is 4.39. The second-order valence-corrected chi connectivity index (χ2v) is 5.41. The van der Waals surface area contributed by atoms with Crippen molar-refractivity contribution in [2.45, 2.75) is 51.2 Å². The first-order valence-corrected chi connectivity index (χ1v) is 6.44. The van der Waals surface area contributed by atoms with Crippen LogP contribution in [0.3, 0.4) is 0 Å². The van der Waals surface area contributed by atoms with Gasteiger partial charge in [-0.15, -0.1) is 0 Å². The summed E-state index contributed by atoms with van der Waals surface area (Å²) in [5.41, 5.74) is -0.160. The molecule has 0 unspecified atom stereocenters. The van der Waals surface area contributed by atoms with E-state index in [9.17, 15) is 0 Å². The Labute approximate surface area is 103 Å². The molecule has 96 valence electrons. The second-order valence-electron chi connectivity index (χ2n) is 5.41. The van der Waals surface area contributed by atoms with Gasteiger partial charge in [0.15, 0.2) is 0 Å². The maximum Gasteiger partial charge on any atom is 0.203 e. The van der Waals surface area contributed by atoms with Gasteiger partial charge in [0.05, 0.1) is 5.60 Å². The Bertz CT molecular complexity index is 353. The predicted molar refractivity (Wildman–Crippen MR) is 69.3 cm³/mol. The average Bonchev–Trinajstić information content (AvgIpc) is 2.96. The third-order valence-electron chi connectivity index (χ3n) is 3.61. The van der Waals surface area contributed by atoms with Gasteiger partial charge in [-0.05, 0) is 26.7 Å². The highest BCUT2D eigenvalue weighted by atomic mass is 16.5. The fourth-order valence-electron chi connectivity index (χ4n) is 2.29. The molecule has 0 bridgehead atoms. The third kappa shape index (κ3) is 3.00. The Balaban J connectivity index is 1.99. The maximum atomic E-state index is 5.40. The number of nitrogens with zero attached hydrogens (tertiary/aromatic N) is 2. The minimum absolute atomic E-state index is 0.160. The Hall–Kier alpha value is -1.03. The van der Waals surface area contributed by atoms with Crippen molar-refractivity contribution < 1.29 is 4.74 Å². The third-order valence-corrected chi connectivity index (χ3v) is 3.61. The Morgan fingerprint density at radius 1 is 1.47 bits per heavy atom. The van der Waals surface area contributed by atoms with E-state index >= 15 is 0 Å². The summed E-state index contributed by atoms with van der Waals surface area (Å²) in [6, 6.07) is 0.630. The Morgan fingerprint density at radius 3 is 2.82 bits per heavy atom. The van der Waals surface area contributed by atoms with Crippen LogP contribution < -0.4 is 5.32 Å². The monoisotopic (exact) mass is 237 g/mol. The van der Waals surface area contributed by atoms with Crippen LogP contribution in [0.15, 0.2) is 12.4 Å². The standard InChI is InChI=1S/C13H23N3O/c1-13(2,17-3)10-15-12-14-8-9-16(12)11-6-4-5-7-11/h8-9,11H,4-7,10H2,1-3H3,(H,14,15). The van der Waals surface area contributed by atoms with Crippen molar-refractivity contribution in [3.05, 3.63) is 12.4 Å². The predicted octanol–water partition coefficient (Wildman–Crippen LogP) is 2.84. The Kier molecular flexibility index (Phi) is 3.72. The quantitative estimate of drug-likeness (QED) is 0.856. The minimum Gasteiger partial charge on any atom is -0.377 e. The van der Waals surface area contributed by atoms with Gasteiger partial charge in [0, 0.05) is 32.1 Å². The van der Waals surface area contributed by atoms with Crippen LogP contribution in [0, 0.1) is 0 Å². The van der Waals surface area contributed by atoms with Crippen molar-refractivity contribution in [3.8, 4) is 0 Å². The SMILES string of the molecule is COC(C)(C)CNc1nccn1C1CCCC1. The van der Waals surface area contributed by atoms with E-state index in [1.165, 1.54) is 25.7 Å². The van der Waals surface area contributed by atoms with Crippen LogP contribution in [0.25, 0.3) is 0 Å². The molecule has 0 spiro atoms. The van der Waals surface area contributed by atoms with E-state index in [-0.39, 0.29) is 5.60 Å². The van der Waals surface area contributed by atoms with Crippen LogP contribution in [0.5, 0.6) is 0 Å². The molecular weight excluding hydrogens is 214 g/mol. The largest absolute Gasteiger partial charge is 0.377 e. The zero-order chi connectivity index (χ0) is 12.3. The van der Waals surface area contributed by atoms with Crippen LogP contribution in [-0.2, 0) is 4.74 Å². The zero-order valence-corrected chi connectivity index (χ0v) is 11.1. The number of imidazole rings is 1. The fraction of sp³-hybridized carbons (Fsp3) is 0.769. The van der Waals surface area contributed by atoms with E-state index < -0.39 is 0 Å².